The summed E-state index contributed by atoms with van der Waals surface area (Å²) >= 11 is 0. The van der Waals surface area contributed by atoms with Crippen molar-refractivity contribution in [2.45, 2.75) is 49.9 Å². The Morgan fingerprint density at radius 1 is 1.32 bits per heavy atom. The summed E-state index contributed by atoms with van der Waals surface area (Å²) in [6, 6.07) is 0.728. The van der Waals surface area contributed by atoms with Gasteiger partial charge in [0.15, 0.2) is 5.82 Å². The molecular weight excluding hydrogens is 392 g/mol. The number of hydrogen-bond acceptors (Lipinski definition) is 6. The van der Waals surface area contributed by atoms with Crippen LogP contribution in [0.2, 0.25) is 0 Å². The number of hydrogen-bond donors (Lipinski definition) is 2. The minimum absolute atomic E-state index is 0.136. The molecule has 4 atom stereocenters. The van der Waals surface area contributed by atoms with Crippen LogP contribution in [0.5, 0.6) is 0 Å². The molecule has 0 bridgehead atoms. The predicted octanol–water partition coefficient (Wildman–Crippen LogP) is 1.28. The Hall–Kier alpha value is -1.85. The van der Waals surface area contributed by atoms with E-state index < -0.39 is 34.2 Å². The Balaban J connectivity index is 1.57. The first-order chi connectivity index (χ1) is 13.2. The Morgan fingerprint density at radius 2 is 2.11 bits per heavy atom. The third-order valence-electron chi connectivity index (χ3n) is 5.64. The van der Waals surface area contributed by atoms with Gasteiger partial charge in [0.2, 0.25) is 16.0 Å². The molecule has 11 heteroatoms. The highest BCUT2D eigenvalue weighted by molar-refractivity contribution is 7.88. The van der Waals surface area contributed by atoms with Gasteiger partial charge in [0, 0.05) is 19.0 Å². The number of fused-ring (bicyclic) bond motifs is 1. The number of alkyl halides is 1. The molecular formula is C17H23F2N5O3S. The number of anilines is 1. The number of aliphatic hydroxyl groups is 1. The fourth-order valence-corrected chi connectivity index (χ4v) is 4.95. The first-order valence-electron chi connectivity index (χ1n) is 9.32. The maximum absolute atomic E-state index is 14.5. The Labute approximate surface area is 161 Å². The van der Waals surface area contributed by atoms with E-state index in [2.05, 4.69) is 15.4 Å². The van der Waals surface area contributed by atoms with Gasteiger partial charge in [-0.1, -0.05) is 6.42 Å². The number of halogens is 2. The van der Waals surface area contributed by atoms with E-state index >= 15 is 0 Å². The quantitative estimate of drug-likeness (QED) is 0.781. The van der Waals surface area contributed by atoms with Gasteiger partial charge in [-0.2, -0.15) is 4.31 Å². The number of nitrogens with one attached hydrogen (secondary N) is 1. The number of nitrogens with zero attached hydrogens (tertiary/aromatic N) is 4. The highest BCUT2D eigenvalue weighted by atomic mass is 32.2. The molecule has 154 valence electrons. The Bertz CT molecular complexity index is 983. The summed E-state index contributed by atoms with van der Waals surface area (Å²) in [7, 11) is -3.44. The molecule has 1 aliphatic heterocycles. The van der Waals surface area contributed by atoms with Crippen LogP contribution >= 0.6 is 0 Å². The van der Waals surface area contributed by atoms with Gasteiger partial charge < -0.3 is 10.4 Å². The molecule has 28 heavy (non-hydrogen) atoms. The lowest BCUT2D eigenvalue weighted by Gasteiger charge is -2.33. The molecule has 3 heterocycles. The van der Waals surface area contributed by atoms with Crippen molar-refractivity contribution in [3.8, 4) is 0 Å². The van der Waals surface area contributed by atoms with Crippen LogP contribution in [0, 0.1) is 5.82 Å². The molecule has 2 fully saturated rings. The van der Waals surface area contributed by atoms with Crippen LogP contribution in [-0.4, -0.2) is 70.1 Å². The summed E-state index contributed by atoms with van der Waals surface area (Å²) < 4.78 is 54.5. The van der Waals surface area contributed by atoms with Crippen molar-refractivity contribution < 1.29 is 22.3 Å². The second-order valence-corrected chi connectivity index (χ2v) is 9.56. The molecule has 1 saturated heterocycles. The van der Waals surface area contributed by atoms with E-state index in [0.717, 1.165) is 23.4 Å². The third-order valence-corrected chi connectivity index (χ3v) is 6.91. The molecule has 0 spiro atoms. The third kappa shape index (κ3) is 3.58. The molecule has 2 aromatic heterocycles. The fraction of sp³-hybridized carbons (Fsp3) is 0.647. The molecule has 4 rings (SSSR count). The molecule has 2 unspecified atom stereocenters. The van der Waals surface area contributed by atoms with Crippen LogP contribution in [0.3, 0.4) is 0 Å². The molecule has 2 aliphatic rings. The van der Waals surface area contributed by atoms with Crippen LogP contribution in [0.1, 0.15) is 37.3 Å². The summed E-state index contributed by atoms with van der Waals surface area (Å²) in [6.45, 7) is -0.0206. The van der Waals surface area contributed by atoms with Gasteiger partial charge in [-0.05, 0) is 25.3 Å². The number of piperidine rings is 1. The maximum Gasteiger partial charge on any atom is 0.241 e. The average Bonchev–Trinajstić information content (AvgIpc) is 3.19. The normalized spacial score (nSPS) is 29.4. The smallest absolute Gasteiger partial charge is 0.241 e. The van der Waals surface area contributed by atoms with E-state index in [1.165, 1.54) is 16.8 Å². The van der Waals surface area contributed by atoms with Gasteiger partial charge in [-0.15, -0.1) is 5.10 Å². The van der Waals surface area contributed by atoms with Crippen LogP contribution < -0.4 is 5.32 Å². The predicted molar refractivity (Wildman–Crippen MR) is 98.9 cm³/mol. The van der Waals surface area contributed by atoms with E-state index in [4.69, 9.17) is 0 Å². The minimum atomic E-state index is -3.44. The number of sulfonamides is 1. The first kappa shape index (κ1) is 19.5. The van der Waals surface area contributed by atoms with Crippen molar-refractivity contribution in [1.82, 2.24) is 18.9 Å². The van der Waals surface area contributed by atoms with Gasteiger partial charge in [0.05, 0.1) is 30.3 Å². The molecule has 0 amide bonds. The monoisotopic (exact) mass is 415 g/mol. The molecule has 1 aliphatic carbocycles. The van der Waals surface area contributed by atoms with Crippen LogP contribution in [0.25, 0.3) is 5.52 Å². The van der Waals surface area contributed by atoms with E-state index in [0.29, 0.717) is 12.1 Å². The summed E-state index contributed by atoms with van der Waals surface area (Å²) in [5.74, 6) is -0.533. The molecule has 1 saturated carbocycles. The van der Waals surface area contributed by atoms with Crippen molar-refractivity contribution >= 4 is 21.5 Å². The summed E-state index contributed by atoms with van der Waals surface area (Å²) in [5.41, 5.74) is 0.773. The number of rotatable bonds is 4. The van der Waals surface area contributed by atoms with Crippen LogP contribution in [-0.2, 0) is 10.0 Å². The summed E-state index contributed by atoms with van der Waals surface area (Å²) in [4.78, 5) is 4.08. The topological polar surface area (TPSA) is 99.8 Å². The maximum atomic E-state index is 14.5. The van der Waals surface area contributed by atoms with E-state index in [1.54, 1.807) is 0 Å². The SMILES string of the molecule is CS(=O)(=O)N1CC[C@@H](Nc2ncc3c(F)cc(C4CCCC4O)n3n2)[C@H](F)C1. The van der Waals surface area contributed by atoms with Crippen molar-refractivity contribution in [3.05, 3.63) is 23.8 Å². The Morgan fingerprint density at radius 3 is 2.75 bits per heavy atom. The van der Waals surface area contributed by atoms with E-state index in [1.807, 2.05) is 0 Å². The molecule has 8 nitrogen and oxygen atoms in total. The highest BCUT2D eigenvalue weighted by Gasteiger charge is 2.34. The number of aromatic nitrogens is 3. The van der Waals surface area contributed by atoms with Gasteiger partial charge >= 0.3 is 0 Å². The van der Waals surface area contributed by atoms with Crippen molar-refractivity contribution in [3.63, 3.8) is 0 Å². The van der Waals surface area contributed by atoms with Crippen LogP contribution in [0.15, 0.2) is 12.3 Å². The highest BCUT2D eigenvalue weighted by Crippen LogP contribution is 2.36. The lowest BCUT2D eigenvalue weighted by atomic mass is 10.0. The Kier molecular flexibility index (Phi) is 5.00. The number of aliphatic hydroxyl groups excluding tert-OH is 1. The molecule has 2 aromatic rings. The molecule has 2 N–H and O–H groups in total. The van der Waals surface area contributed by atoms with Gasteiger partial charge in [0.1, 0.15) is 11.7 Å². The lowest BCUT2D eigenvalue weighted by molar-refractivity contribution is 0.161. The zero-order chi connectivity index (χ0) is 20.1. The van der Waals surface area contributed by atoms with Gasteiger partial charge in [0.25, 0.3) is 0 Å². The van der Waals surface area contributed by atoms with Gasteiger partial charge in [-0.3, -0.25) is 0 Å². The van der Waals surface area contributed by atoms with Crippen molar-refractivity contribution in [1.29, 1.82) is 0 Å². The summed E-state index contributed by atoms with van der Waals surface area (Å²) in [5, 5.41) is 17.4. The first-order valence-corrected chi connectivity index (χ1v) is 11.2. The van der Waals surface area contributed by atoms with Gasteiger partial charge in [-0.25, -0.2) is 26.7 Å². The largest absolute Gasteiger partial charge is 0.392 e. The second-order valence-electron chi connectivity index (χ2n) is 7.58. The van der Waals surface area contributed by atoms with Crippen LogP contribution in [0.4, 0.5) is 14.7 Å². The zero-order valence-corrected chi connectivity index (χ0v) is 16.2. The standard InChI is InChI=1S/C17H23F2N5O3S/c1-28(26,27)23-6-5-13(12(19)9-23)21-17-20-8-15-11(18)7-14(24(15)22-17)10-3-2-4-16(10)25/h7-8,10,12-13,16,25H,2-6,9H2,1H3,(H,21,22)/t10?,12-,13-,16?/m1/s1. The summed E-state index contributed by atoms with van der Waals surface area (Å²) in [6.07, 6.45) is 2.97. The molecule has 0 radical (unpaired) electrons. The van der Waals surface area contributed by atoms with E-state index in [-0.39, 0.29) is 36.9 Å². The fourth-order valence-electron chi connectivity index (χ4n) is 4.10. The molecule has 0 aromatic carbocycles. The zero-order valence-electron chi connectivity index (χ0n) is 15.4. The second kappa shape index (κ2) is 7.20. The van der Waals surface area contributed by atoms with E-state index in [9.17, 15) is 22.3 Å². The van der Waals surface area contributed by atoms with Crippen molar-refractivity contribution in [2.24, 2.45) is 0 Å². The minimum Gasteiger partial charge on any atom is -0.392 e. The average molecular weight is 415 g/mol. The van der Waals surface area contributed by atoms with Crippen molar-refractivity contribution in [2.75, 3.05) is 24.7 Å². The lowest BCUT2D eigenvalue weighted by Crippen LogP contribution is -2.49.